The fourth-order valence-corrected chi connectivity index (χ4v) is 4.87. The van der Waals surface area contributed by atoms with Crippen molar-refractivity contribution in [3.05, 3.63) is 47.7 Å². The van der Waals surface area contributed by atoms with Crippen molar-refractivity contribution >= 4 is 15.8 Å². The number of aryl methyl sites for hydroxylation is 1. The van der Waals surface area contributed by atoms with Crippen LogP contribution in [-0.2, 0) is 16.4 Å². The third-order valence-electron chi connectivity index (χ3n) is 5.31. The number of nitriles is 1. The summed E-state index contributed by atoms with van der Waals surface area (Å²) in [6.45, 7) is 3.85. The summed E-state index contributed by atoms with van der Waals surface area (Å²) in [5, 5.41) is 9.26. The van der Waals surface area contributed by atoms with E-state index in [1.54, 1.807) is 30.5 Å². The van der Waals surface area contributed by atoms with Crippen molar-refractivity contribution in [2.75, 3.05) is 31.6 Å². The third kappa shape index (κ3) is 4.86. The van der Waals surface area contributed by atoms with Crippen LogP contribution in [0.3, 0.4) is 0 Å². The van der Waals surface area contributed by atoms with Gasteiger partial charge >= 0.3 is 0 Å². The van der Waals surface area contributed by atoms with Gasteiger partial charge in [-0.05, 0) is 55.0 Å². The summed E-state index contributed by atoms with van der Waals surface area (Å²) in [6.07, 6.45) is 4.10. The van der Waals surface area contributed by atoms with E-state index in [0.29, 0.717) is 23.7 Å². The quantitative estimate of drug-likeness (QED) is 0.748. The maximum absolute atomic E-state index is 12.8. The summed E-state index contributed by atoms with van der Waals surface area (Å²) in [7, 11) is -2.18. The lowest BCUT2D eigenvalue weighted by Gasteiger charge is -2.33. The highest BCUT2D eigenvalue weighted by Gasteiger charge is 2.25. The fraction of sp³-hybridized carbons (Fsp3) is 0.429. The molecule has 1 aliphatic heterocycles. The van der Waals surface area contributed by atoms with E-state index in [1.165, 1.54) is 7.11 Å². The number of piperidine rings is 1. The Hall–Kier alpha value is -2.63. The Bertz CT molecular complexity index is 993. The number of hydrogen-bond acceptors (Lipinski definition) is 6. The molecule has 2 aromatic rings. The van der Waals surface area contributed by atoms with Crippen LogP contribution in [0.1, 0.15) is 30.9 Å². The number of ether oxygens (including phenoxy) is 1. The van der Waals surface area contributed by atoms with E-state index in [1.807, 2.05) is 13.0 Å². The molecule has 0 radical (unpaired) electrons. The van der Waals surface area contributed by atoms with Crippen LogP contribution in [0.2, 0.25) is 0 Å². The molecule has 0 bridgehead atoms. The first-order valence-corrected chi connectivity index (χ1v) is 11.2. The second-order valence-electron chi connectivity index (χ2n) is 7.11. The van der Waals surface area contributed by atoms with Gasteiger partial charge in [-0.3, -0.25) is 0 Å². The number of nitrogens with one attached hydrogen (secondary N) is 1. The zero-order chi connectivity index (χ0) is 20.9. The van der Waals surface area contributed by atoms with E-state index >= 15 is 0 Å². The molecule has 0 spiro atoms. The number of nitrogens with zero attached hydrogens (tertiary/aromatic N) is 3. The van der Waals surface area contributed by atoms with Gasteiger partial charge in [0.2, 0.25) is 10.0 Å². The Morgan fingerprint density at radius 2 is 2.07 bits per heavy atom. The minimum Gasteiger partial charge on any atom is -0.495 e. The molecule has 1 N–H and O–H groups in total. The van der Waals surface area contributed by atoms with Gasteiger partial charge in [-0.2, -0.15) is 5.26 Å². The van der Waals surface area contributed by atoms with Crippen molar-refractivity contribution in [2.24, 2.45) is 5.92 Å². The van der Waals surface area contributed by atoms with E-state index in [-0.39, 0.29) is 10.8 Å². The molecule has 1 aromatic heterocycles. The Balaban J connectivity index is 1.62. The average molecular weight is 415 g/mol. The van der Waals surface area contributed by atoms with E-state index < -0.39 is 10.0 Å². The van der Waals surface area contributed by atoms with E-state index in [9.17, 15) is 13.7 Å². The number of anilines is 1. The molecular weight excluding hydrogens is 388 g/mol. The van der Waals surface area contributed by atoms with E-state index in [2.05, 4.69) is 20.7 Å². The minimum absolute atomic E-state index is 0.184. The van der Waals surface area contributed by atoms with Gasteiger partial charge in [0, 0.05) is 25.8 Å². The van der Waals surface area contributed by atoms with Gasteiger partial charge in [-0.25, -0.2) is 18.1 Å². The summed E-state index contributed by atoms with van der Waals surface area (Å²) in [5.74, 6) is 1.29. The lowest BCUT2D eigenvalue weighted by molar-refractivity contribution is 0.395. The molecule has 1 aromatic carbocycles. The summed E-state index contributed by atoms with van der Waals surface area (Å²) in [5.41, 5.74) is 1.51. The highest BCUT2D eigenvalue weighted by Crippen LogP contribution is 2.27. The van der Waals surface area contributed by atoms with Crippen molar-refractivity contribution in [3.8, 4) is 11.8 Å². The van der Waals surface area contributed by atoms with Crippen LogP contribution in [0.15, 0.2) is 41.4 Å². The first-order valence-electron chi connectivity index (χ1n) is 9.75. The van der Waals surface area contributed by atoms with Gasteiger partial charge in [0.1, 0.15) is 22.5 Å². The van der Waals surface area contributed by atoms with Crippen LogP contribution >= 0.6 is 0 Å². The molecule has 29 heavy (non-hydrogen) atoms. The second kappa shape index (κ2) is 9.25. The maximum Gasteiger partial charge on any atom is 0.244 e. The van der Waals surface area contributed by atoms with Crippen molar-refractivity contribution in [3.63, 3.8) is 0 Å². The zero-order valence-corrected chi connectivity index (χ0v) is 17.6. The molecule has 1 aliphatic rings. The molecular formula is C21H26N4O3S. The summed E-state index contributed by atoms with van der Waals surface area (Å²) in [4.78, 5) is 6.62. The van der Waals surface area contributed by atoms with Crippen molar-refractivity contribution in [1.82, 2.24) is 9.71 Å². The highest BCUT2D eigenvalue weighted by atomic mass is 32.2. The molecule has 0 aliphatic carbocycles. The lowest BCUT2D eigenvalue weighted by atomic mass is 9.97. The number of hydrogen-bond donors (Lipinski definition) is 1. The largest absolute Gasteiger partial charge is 0.495 e. The van der Waals surface area contributed by atoms with Crippen LogP contribution in [-0.4, -0.2) is 40.1 Å². The molecule has 0 amide bonds. The third-order valence-corrected chi connectivity index (χ3v) is 6.75. The summed E-state index contributed by atoms with van der Waals surface area (Å²) < 4.78 is 33.7. The number of sulfonamides is 1. The van der Waals surface area contributed by atoms with E-state index in [0.717, 1.165) is 37.9 Å². The molecule has 3 rings (SSSR count). The molecule has 0 saturated carbocycles. The van der Waals surface area contributed by atoms with E-state index in [4.69, 9.17) is 4.74 Å². The van der Waals surface area contributed by atoms with Gasteiger partial charge in [0.15, 0.2) is 0 Å². The predicted octanol–water partition coefficient (Wildman–Crippen LogP) is 2.72. The zero-order valence-electron chi connectivity index (χ0n) is 16.8. The van der Waals surface area contributed by atoms with Crippen LogP contribution < -0.4 is 14.4 Å². The number of aromatic nitrogens is 1. The van der Waals surface area contributed by atoms with Crippen molar-refractivity contribution in [2.45, 2.75) is 31.1 Å². The standard InChI is InChI=1S/C21H26N4O3S/c1-3-16-6-7-19(28-2)20(13-16)29(26,27)24-15-17-8-11-25(12-9-17)21-18(14-22)5-4-10-23-21/h4-7,10,13,17,24H,3,8-9,11-12,15H2,1-2H3. The van der Waals surface area contributed by atoms with Crippen LogP contribution in [0.4, 0.5) is 5.82 Å². The molecule has 0 atom stereocenters. The predicted molar refractivity (Wildman–Crippen MR) is 111 cm³/mol. The molecule has 7 nitrogen and oxygen atoms in total. The van der Waals surface area contributed by atoms with Crippen molar-refractivity contribution < 1.29 is 13.2 Å². The van der Waals surface area contributed by atoms with Gasteiger partial charge in [0.25, 0.3) is 0 Å². The highest BCUT2D eigenvalue weighted by molar-refractivity contribution is 7.89. The average Bonchev–Trinajstić information content (AvgIpc) is 2.77. The Kier molecular flexibility index (Phi) is 6.72. The smallest absolute Gasteiger partial charge is 0.244 e. The van der Waals surface area contributed by atoms with Gasteiger partial charge < -0.3 is 9.64 Å². The van der Waals surface area contributed by atoms with Gasteiger partial charge in [-0.1, -0.05) is 13.0 Å². The molecule has 1 fully saturated rings. The Labute approximate surface area is 172 Å². The SMILES string of the molecule is CCc1ccc(OC)c(S(=O)(=O)NCC2CCN(c3ncccc3C#N)CC2)c1. The normalized spacial score (nSPS) is 15.1. The van der Waals surface area contributed by atoms with Crippen LogP contribution in [0, 0.1) is 17.2 Å². The first kappa shape index (κ1) is 21.1. The maximum atomic E-state index is 12.8. The molecule has 2 heterocycles. The fourth-order valence-electron chi connectivity index (χ4n) is 3.54. The Morgan fingerprint density at radius 3 is 2.72 bits per heavy atom. The monoisotopic (exact) mass is 414 g/mol. The van der Waals surface area contributed by atoms with Crippen LogP contribution in [0.25, 0.3) is 0 Å². The van der Waals surface area contributed by atoms with Gasteiger partial charge in [0.05, 0.1) is 12.7 Å². The van der Waals surface area contributed by atoms with Gasteiger partial charge in [-0.15, -0.1) is 0 Å². The number of pyridine rings is 1. The molecule has 8 heteroatoms. The Morgan fingerprint density at radius 1 is 1.31 bits per heavy atom. The number of benzene rings is 1. The molecule has 0 unspecified atom stereocenters. The van der Waals surface area contributed by atoms with Crippen LogP contribution in [0.5, 0.6) is 5.75 Å². The summed E-state index contributed by atoms with van der Waals surface area (Å²) >= 11 is 0. The number of methoxy groups -OCH3 is 1. The lowest BCUT2D eigenvalue weighted by Crippen LogP contribution is -2.39. The minimum atomic E-state index is -3.66. The molecule has 1 saturated heterocycles. The first-order chi connectivity index (χ1) is 14.0. The second-order valence-corrected chi connectivity index (χ2v) is 8.84. The molecule has 154 valence electrons. The number of rotatable bonds is 7. The topological polar surface area (TPSA) is 95.3 Å². The summed E-state index contributed by atoms with van der Waals surface area (Å²) in [6, 6.07) is 10.9. The van der Waals surface area contributed by atoms with Crippen molar-refractivity contribution in [1.29, 1.82) is 5.26 Å².